The van der Waals surface area contributed by atoms with Crippen molar-refractivity contribution in [1.29, 1.82) is 0 Å². The average Bonchev–Trinajstić information content (AvgIpc) is 2.73. The molecule has 0 aliphatic rings. The summed E-state index contributed by atoms with van der Waals surface area (Å²) >= 11 is 0. The van der Waals surface area contributed by atoms with Crippen molar-refractivity contribution in [3.63, 3.8) is 0 Å². The van der Waals surface area contributed by atoms with Crippen molar-refractivity contribution < 1.29 is 19.1 Å². The normalized spacial score (nSPS) is 11.6. The van der Waals surface area contributed by atoms with Gasteiger partial charge in [0.1, 0.15) is 11.3 Å². The summed E-state index contributed by atoms with van der Waals surface area (Å²) in [5.74, 6) is -0.290. The van der Waals surface area contributed by atoms with Crippen molar-refractivity contribution in [3.8, 4) is 5.75 Å². The van der Waals surface area contributed by atoms with Gasteiger partial charge in [-0.3, -0.25) is 14.8 Å². The zero-order chi connectivity index (χ0) is 19.9. The second-order valence-electron chi connectivity index (χ2n) is 5.98. The van der Waals surface area contributed by atoms with Gasteiger partial charge in [0.25, 0.3) is 5.91 Å². The van der Waals surface area contributed by atoms with E-state index in [0.717, 1.165) is 5.75 Å². The van der Waals surface area contributed by atoms with Crippen LogP contribution in [0, 0.1) is 0 Å². The summed E-state index contributed by atoms with van der Waals surface area (Å²) in [6.07, 6.45) is 2.47. The van der Waals surface area contributed by atoms with Crippen molar-refractivity contribution in [2.24, 2.45) is 0 Å². The SMILES string of the molecule is CCOc1ccc(NC(=O)C(CC)OC(=O)c2cccc3nccnc23)cc1. The number of nitrogens with one attached hydrogen (secondary N) is 1. The highest BCUT2D eigenvalue weighted by atomic mass is 16.5. The molecule has 28 heavy (non-hydrogen) atoms. The first-order chi connectivity index (χ1) is 13.6. The van der Waals surface area contributed by atoms with Gasteiger partial charge >= 0.3 is 5.97 Å². The molecule has 1 amide bonds. The summed E-state index contributed by atoms with van der Waals surface area (Å²) < 4.78 is 10.8. The van der Waals surface area contributed by atoms with Crippen molar-refractivity contribution >= 4 is 28.6 Å². The zero-order valence-corrected chi connectivity index (χ0v) is 15.7. The first-order valence-electron chi connectivity index (χ1n) is 9.06. The molecule has 1 N–H and O–H groups in total. The molecule has 0 fully saturated rings. The van der Waals surface area contributed by atoms with Crippen LogP contribution in [-0.4, -0.2) is 34.6 Å². The topological polar surface area (TPSA) is 90.4 Å². The minimum absolute atomic E-state index is 0.276. The Balaban J connectivity index is 1.70. The van der Waals surface area contributed by atoms with Crippen LogP contribution in [0.2, 0.25) is 0 Å². The van der Waals surface area contributed by atoms with Gasteiger partial charge < -0.3 is 14.8 Å². The van der Waals surface area contributed by atoms with Gasteiger partial charge in [0, 0.05) is 18.1 Å². The Kier molecular flexibility index (Phi) is 6.16. The molecule has 1 aromatic heterocycles. The first-order valence-corrected chi connectivity index (χ1v) is 9.06. The molecular formula is C21H21N3O4. The van der Waals surface area contributed by atoms with Crippen molar-refractivity contribution in [3.05, 3.63) is 60.4 Å². The summed E-state index contributed by atoms with van der Waals surface area (Å²) in [4.78, 5) is 33.5. The number of anilines is 1. The van der Waals surface area contributed by atoms with Gasteiger partial charge in [0.05, 0.1) is 17.7 Å². The molecule has 144 valence electrons. The Morgan fingerprint density at radius 1 is 1.04 bits per heavy atom. The molecule has 0 spiro atoms. The van der Waals surface area contributed by atoms with Crippen LogP contribution in [0.25, 0.3) is 11.0 Å². The van der Waals surface area contributed by atoms with Gasteiger partial charge in [-0.25, -0.2) is 4.79 Å². The lowest BCUT2D eigenvalue weighted by Gasteiger charge is -2.16. The van der Waals surface area contributed by atoms with E-state index < -0.39 is 18.0 Å². The second-order valence-corrected chi connectivity index (χ2v) is 5.98. The van der Waals surface area contributed by atoms with E-state index in [1.54, 1.807) is 55.6 Å². The number of amides is 1. The summed E-state index contributed by atoms with van der Waals surface area (Å²) in [6, 6.07) is 12.1. The number of aromatic nitrogens is 2. The molecule has 7 heteroatoms. The van der Waals surface area contributed by atoms with Crippen LogP contribution in [0.4, 0.5) is 5.69 Å². The molecule has 0 aliphatic carbocycles. The maximum Gasteiger partial charge on any atom is 0.341 e. The van der Waals surface area contributed by atoms with E-state index in [4.69, 9.17) is 9.47 Å². The first kappa shape index (κ1) is 19.3. The zero-order valence-electron chi connectivity index (χ0n) is 15.7. The van der Waals surface area contributed by atoms with E-state index in [9.17, 15) is 9.59 Å². The third kappa shape index (κ3) is 4.43. The van der Waals surface area contributed by atoms with E-state index in [2.05, 4.69) is 15.3 Å². The van der Waals surface area contributed by atoms with E-state index in [-0.39, 0.29) is 5.56 Å². The van der Waals surface area contributed by atoms with E-state index >= 15 is 0 Å². The van der Waals surface area contributed by atoms with E-state index in [0.29, 0.717) is 29.7 Å². The molecule has 3 rings (SSSR count). The van der Waals surface area contributed by atoms with Gasteiger partial charge in [-0.1, -0.05) is 13.0 Å². The Bertz CT molecular complexity index is 968. The van der Waals surface area contributed by atoms with Crippen LogP contribution in [0.15, 0.2) is 54.9 Å². The molecule has 0 saturated heterocycles. The van der Waals surface area contributed by atoms with Gasteiger partial charge in [-0.2, -0.15) is 0 Å². The predicted octanol–water partition coefficient (Wildman–Crippen LogP) is 3.60. The molecule has 0 bridgehead atoms. The molecule has 0 aliphatic heterocycles. The number of ether oxygens (including phenoxy) is 2. The van der Waals surface area contributed by atoms with Gasteiger partial charge in [0.2, 0.25) is 0 Å². The quantitative estimate of drug-likeness (QED) is 0.631. The number of carbonyl (C=O) groups is 2. The number of fused-ring (bicyclic) bond motifs is 1. The van der Waals surface area contributed by atoms with Gasteiger partial charge in [0.15, 0.2) is 6.10 Å². The summed E-state index contributed by atoms with van der Waals surface area (Å²) in [7, 11) is 0. The fourth-order valence-electron chi connectivity index (χ4n) is 2.70. The Morgan fingerprint density at radius 2 is 1.79 bits per heavy atom. The molecule has 0 radical (unpaired) electrons. The third-order valence-electron chi connectivity index (χ3n) is 4.06. The van der Waals surface area contributed by atoms with Crippen LogP contribution in [0.1, 0.15) is 30.6 Å². The van der Waals surface area contributed by atoms with Crippen LogP contribution in [0.3, 0.4) is 0 Å². The number of nitrogens with zero attached hydrogens (tertiary/aromatic N) is 2. The third-order valence-corrected chi connectivity index (χ3v) is 4.06. The minimum atomic E-state index is -0.925. The standard InChI is InChI=1S/C21H21N3O4/c1-3-18(20(25)24-14-8-10-15(11-9-14)27-4-2)28-21(26)16-6-5-7-17-19(16)23-13-12-22-17/h5-13,18H,3-4H2,1-2H3,(H,24,25). The summed E-state index contributed by atoms with van der Waals surface area (Å²) in [5, 5.41) is 2.76. The van der Waals surface area contributed by atoms with Crippen LogP contribution >= 0.6 is 0 Å². The maximum atomic E-state index is 12.6. The fraction of sp³-hybridized carbons (Fsp3) is 0.238. The number of hydrogen-bond acceptors (Lipinski definition) is 6. The summed E-state index contributed by atoms with van der Waals surface area (Å²) in [5.41, 5.74) is 1.90. The van der Waals surface area contributed by atoms with E-state index in [1.165, 1.54) is 6.20 Å². The Morgan fingerprint density at radius 3 is 2.50 bits per heavy atom. The van der Waals surface area contributed by atoms with Crippen molar-refractivity contribution in [2.45, 2.75) is 26.4 Å². The molecule has 2 aromatic carbocycles. The number of rotatable bonds is 7. The molecule has 0 saturated carbocycles. The van der Waals surface area contributed by atoms with Crippen LogP contribution in [-0.2, 0) is 9.53 Å². The summed E-state index contributed by atoms with van der Waals surface area (Å²) in [6.45, 7) is 4.24. The number of benzene rings is 2. The number of carbonyl (C=O) groups excluding carboxylic acids is 2. The molecule has 1 atom stereocenters. The van der Waals surface area contributed by atoms with E-state index in [1.807, 2.05) is 6.92 Å². The van der Waals surface area contributed by atoms with Crippen molar-refractivity contribution in [2.75, 3.05) is 11.9 Å². The minimum Gasteiger partial charge on any atom is -0.494 e. The highest BCUT2D eigenvalue weighted by molar-refractivity contribution is 6.03. The van der Waals surface area contributed by atoms with Crippen molar-refractivity contribution in [1.82, 2.24) is 9.97 Å². The number of esters is 1. The highest BCUT2D eigenvalue weighted by Crippen LogP contribution is 2.18. The number of hydrogen-bond donors (Lipinski definition) is 1. The monoisotopic (exact) mass is 379 g/mol. The lowest BCUT2D eigenvalue weighted by atomic mass is 10.1. The molecule has 1 heterocycles. The second kappa shape index (κ2) is 8.94. The highest BCUT2D eigenvalue weighted by Gasteiger charge is 2.23. The smallest absolute Gasteiger partial charge is 0.341 e. The molecule has 7 nitrogen and oxygen atoms in total. The lowest BCUT2D eigenvalue weighted by Crippen LogP contribution is -2.32. The molecule has 1 unspecified atom stereocenters. The molecular weight excluding hydrogens is 358 g/mol. The Labute approximate surface area is 162 Å². The van der Waals surface area contributed by atoms with Crippen LogP contribution in [0.5, 0.6) is 5.75 Å². The lowest BCUT2D eigenvalue weighted by molar-refractivity contribution is -0.124. The Hall–Kier alpha value is -3.48. The largest absolute Gasteiger partial charge is 0.494 e. The predicted molar refractivity (Wildman–Crippen MR) is 105 cm³/mol. The fourth-order valence-corrected chi connectivity index (χ4v) is 2.70. The van der Waals surface area contributed by atoms with Gasteiger partial charge in [-0.05, 0) is 49.7 Å². The molecule has 3 aromatic rings. The maximum absolute atomic E-state index is 12.6. The van der Waals surface area contributed by atoms with Crippen LogP contribution < -0.4 is 10.1 Å². The van der Waals surface area contributed by atoms with Gasteiger partial charge in [-0.15, -0.1) is 0 Å². The average molecular weight is 379 g/mol. The number of para-hydroxylation sites is 1.